The fraction of sp³-hybridized carbons (Fsp3) is 0.649. The van der Waals surface area contributed by atoms with Crippen molar-refractivity contribution in [3.8, 4) is 5.88 Å². The number of alkyl halides is 3. The summed E-state index contributed by atoms with van der Waals surface area (Å²) in [7, 11) is -4.02. The monoisotopic (exact) mass is 807 g/mol. The Morgan fingerprint density at radius 1 is 1.14 bits per heavy atom. The molecule has 3 N–H and O–H groups in total. The summed E-state index contributed by atoms with van der Waals surface area (Å²) >= 11 is 0. The molecule has 2 aliphatic carbocycles. The molecule has 2 saturated carbocycles. The Balaban J connectivity index is 1.43. The van der Waals surface area contributed by atoms with Crippen molar-refractivity contribution in [1.82, 2.24) is 34.8 Å². The first-order valence-electron chi connectivity index (χ1n) is 18.9. The SMILES string of the molecule is CC[C@@H]1C[C@H](C)CCC=C[C@@H]2C[C@@]2(C(=O)NS(=O)(=O)C2CC2)NC(=O)[C@@H]2C[C@@H](Oc3nc4ncccc4nc3C(F)(F)F)CN2C(=O)[C@H]1N(C(=O)O)C(C)(C)C. The number of ether oxygens (including phenoxy) is 1. The number of nitrogens with one attached hydrogen (secondary N) is 2. The van der Waals surface area contributed by atoms with Crippen LogP contribution in [0.2, 0.25) is 0 Å². The van der Waals surface area contributed by atoms with Gasteiger partial charge in [0.2, 0.25) is 33.4 Å². The molecule has 2 aliphatic heterocycles. The molecule has 4 amide bonds. The number of hydrogen-bond acceptors (Lipinski definition) is 10. The number of sulfonamides is 1. The van der Waals surface area contributed by atoms with Gasteiger partial charge in [-0.2, -0.15) is 18.2 Å². The van der Waals surface area contributed by atoms with Crippen molar-refractivity contribution in [3.63, 3.8) is 0 Å². The molecule has 15 nitrogen and oxygen atoms in total. The lowest BCUT2D eigenvalue weighted by atomic mass is 9.82. The predicted octanol–water partition coefficient (Wildman–Crippen LogP) is 4.42. The predicted molar refractivity (Wildman–Crippen MR) is 195 cm³/mol. The van der Waals surface area contributed by atoms with Gasteiger partial charge in [0.25, 0.3) is 5.91 Å². The second-order valence-corrected chi connectivity index (χ2v) is 18.4. The van der Waals surface area contributed by atoms with E-state index in [1.807, 2.05) is 19.9 Å². The molecule has 6 rings (SSSR count). The summed E-state index contributed by atoms with van der Waals surface area (Å²) in [6, 6.07) is -0.0842. The van der Waals surface area contributed by atoms with Crippen LogP contribution in [0.25, 0.3) is 11.2 Å². The average molecular weight is 808 g/mol. The first-order valence-corrected chi connectivity index (χ1v) is 20.4. The molecule has 2 aromatic heterocycles. The van der Waals surface area contributed by atoms with Crippen molar-refractivity contribution in [2.75, 3.05) is 6.54 Å². The molecule has 4 aliphatic rings. The first-order chi connectivity index (χ1) is 26.2. The number of carbonyl (C=O) groups is 4. The molecule has 7 atom stereocenters. The van der Waals surface area contributed by atoms with Gasteiger partial charge in [0.1, 0.15) is 29.2 Å². The Bertz CT molecular complexity index is 2020. The number of carboxylic acid groups (broad SMARTS) is 1. The van der Waals surface area contributed by atoms with Crippen molar-refractivity contribution in [1.29, 1.82) is 0 Å². The number of pyridine rings is 1. The molecule has 56 heavy (non-hydrogen) atoms. The number of rotatable bonds is 7. The fourth-order valence-corrected chi connectivity index (χ4v) is 9.32. The Morgan fingerprint density at radius 2 is 1.86 bits per heavy atom. The van der Waals surface area contributed by atoms with Crippen molar-refractivity contribution < 1.29 is 50.6 Å². The van der Waals surface area contributed by atoms with Gasteiger partial charge in [-0.1, -0.05) is 32.4 Å². The van der Waals surface area contributed by atoms with Gasteiger partial charge in [-0.25, -0.2) is 23.2 Å². The minimum Gasteiger partial charge on any atom is -0.471 e. The van der Waals surface area contributed by atoms with Crippen molar-refractivity contribution in [3.05, 3.63) is 36.2 Å². The first kappa shape index (κ1) is 41.1. The van der Waals surface area contributed by atoms with Crippen LogP contribution in [-0.4, -0.2) is 103 Å². The molecular weight excluding hydrogens is 760 g/mol. The van der Waals surface area contributed by atoms with E-state index < -0.39 is 104 Å². The second kappa shape index (κ2) is 15.1. The highest BCUT2D eigenvalue weighted by molar-refractivity contribution is 7.91. The maximum absolute atomic E-state index is 15.0. The van der Waals surface area contributed by atoms with E-state index in [1.54, 1.807) is 26.8 Å². The minimum atomic E-state index is -5.01. The topological polar surface area (TPSA) is 201 Å². The van der Waals surface area contributed by atoms with Gasteiger partial charge in [0.15, 0.2) is 5.65 Å². The van der Waals surface area contributed by atoms with E-state index in [1.165, 1.54) is 18.3 Å². The lowest BCUT2D eigenvalue weighted by Crippen LogP contribution is -2.62. The molecule has 306 valence electrons. The highest BCUT2D eigenvalue weighted by atomic mass is 32.2. The summed E-state index contributed by atoms with van der Waals surface area (Å²) in [5, 5.41) is 12.6. The van der Waals surface area contributed by atoms with Crippen LogP contribution in [0.1, 0.15) is 91.7 Å². The van der Waals surface area contributed by atoms with Gasteiger partial charge in [0, 0.05) is 24.1 Å². The second-order valence-electron chi connectivity index (χ2n) is 16.4. The Labute approximate surface area is 322 Å². The number of nitrogens with zero attached hydrogens (tertiary/aromatic N) is 5. The van der Waals surface area contributed by atoms with E-state index in [0.717, 1.165) is 9.80 Å². The molecule has 0 unspecified atom stereocenters. The summed E-state index contributed by atoms with van der Waals surface area (Å²) in [5.74, 6) is -4.61. The lowest BCUT2D eigenvalue weighted by molar-refractivity contribution is -0.146. The molecule has 19 heteroatoms. The largest absolute Gasteiger partial charge is 0.471 e. The summed E-state index contributed by atoms with van der Waals surface area (Å²) < 4.78 is 76.7. The Morgan fingerprint density at radius 3 is 2.48 bits per heavy atom. The van der Waals surface area contributed by atoms with Gasteiger partial charge in [0.05, 0.1) is 11.8 Å². The summed E-state index contributed by atoms with van der Waals surface area (Å²) in [6.07, 6.45) is -0.226. The minimum absolute atomic E-state index is 0.00248. The zero-order chi connectivity index (χ0) is 41.0. The molecule has 0 aromatic carbocycles. The molecule has 0 bridgehead atoms. The average Bonchev–Trinajstić information content (AvgIpc) is 4.03. The van der Waals surface area contributed by atoms with Gasteiger partial charge in [-0.15, -0.1) is 0 Å². The highest BCUT2D eigenvalue weighted by Gasteiger charge is 2.62. The number of carbonyl (C=O) groups excluding carboxylic acids is 3. The highest BCUT2D eigenvalue weighted by Crippen LogP contribution is 2.46. The molecule has 1 saturated heterocycles. The van der Waals surface area contributed by atoms with Gasteiger partial charge < -0.3 is 20.1 Å². The van der Waals surface area contributed by atoms with Crippen molar-refractivity contribution in [2.45, 2.75) is 127 Å². The number of aromatic nitrogens is 3. The molecule has 0 spiro atoms. The van der Waals surface area contributed by atoms with E-state index in [4.69, 9.17) is 4.74 Å². The van der Waals surface area contributed by atoms with Crippen molar-refractivity contribution >= 4 is 45.0 Å². The van der Waals surface area contributed by atoms with Crippen LogP contribution in [0.3, 0.4) is 0 Å². The third-order valence-corrected chi connectivity index (χ3v) is 12.9. The zero-order valence-electron chi connectivity index (χ0n) is 31.9. The molecule has 3 fully saturated rings. The molecule has 0 radical (unpaired) electrons. The number of hydrogen-bond donors (Lipinski definition) is 3. The molecular formula is C37H48F3N7O8S. The third-order valence-electron chi connectivity index (χ3n) is 11.1. The van der Waals surface area contributed by atoms with Crippen LogP contribution < -0.4 is 14.8 Å². The van der Waals surface area contributed by atoms with Crippen LogP contribution in [0, 0.1) is 17.8 Å². The Kier molecular flexibility index (Phi) is 11.1. The number of fused-ring (bicyclic) bond motifs is 3. The van der Waals surface area contributed by atoms with Crippen LogP contribution in [-0.2, 0) is 30.6 Å². The van der Waals surface area contributed by atoms with Gasteiger partial charge in [-0.05, 0) is 83.3 Å². The number of halogens is 3. The summed E-state index contributed by atoms with van der Waals surface area (Å²) in [5.41, 5.74) is -4.52. The van der Waals surface area contributed by atoms with Gasteiger partial charge in [-0.3, -0.25) is 24.0 Å². The van der Waals surface area contributed by atoms with E-state index >= 15 is 4.79 Å². The summed E-state index contributed by atoms with van der Waals surface area (Å²) in [6.45, 7) is 8.30. The number of allylic oxidation sites excluding steroid dienone is 1. The zero-order valence-corrected chi connectivity index (χ0v) is 32.7. The lowest BCUT2D eigenvalue weighted by Gasteiger charge is -2.44. The van der Waals surface area contributed by atoms with Crippen LogP contribution >= 0.6 is 0 Å². The van der Waals surface area contributed by atoms with E-state index in [0.29, 0.717) is 38.5 Å². The van der Waals surface area contributed by atoms with E-state index in [2.05, 4.69) is 25.0 Å². The molecule has 2 aromatic rings. The number of amides is 4. The van der Waals surface area contributed by atoms with Crippen LogP contribution in [0.4, 0.5) is 18.0 Å². The van der Waals surface area contributed by atoms with Crippen LogP contribution in [0.15, 0.2) is 30.5 Å². The normalized spacial score (nSPS) is 29.0. The van der Waals surface area contributed by atoms with Crippen LogP contribution in [0.5, 0.6) is 5.88 Å². The summed E-state index contributed by atoms with van der Waals surface area (Å²) in [4.78, 5) is 70.2. The maximum Gasteiger partial charge on any atom is 0.438 e. The smallest absolute Gasteiger partial charge is 0.438 e. The quantitative estimate of drug-likeness (QED) is 0.335. The Hall–Kier alpha value is -4.55. The third kappa shape index (κ3) is 8.41. The van der Waals surface area contributed by atoms with Crippen molar-refractivity contribution in [2.24, 2.45) is 17.8 Å². The maximum atomic E-state index is 15.0. The standard InChI is InChI=1S/C37H48F3N7O8S/c1-6-21-16-20(2)10-7-8-11-22-18-36(22,33(50)45-56(53,54)24-13-14-24)44-30(48)26-17-23(19-46(26)32(49)27(21)47(34(51)52)35(3,4)5)55-31-28(37(38,39)40)42-25-12-9-15-41-29(25)43-31/h8-9,11-12,15,20-24,26-27H,6-7,10,13-14,16-19H2,1-5H3,(H,44,48)(H,45,50)(H,51,52)/t20-,21-,22-,23-,26+,27+,36-/m1/s1. The fourth-order valence-electron chi connectivity index (χ4n) is 7.96. The van der Waals surface area contributed by atoms with Gasteiger partial charge >= 0.3 is 12.3 Å². The molecule has 4 heterocycles. The van der Waals surface area contributed by atoms with E-state index in [-0.39, 0.29) is 29.9 Å². The van der Waals surface area contributed by atoms with E-state index in [9.17, 15) is 41.1 Å².